The van der Waals surface area contributed by atoms with Crippen LogP contribution in [0.15, 0.2) is 67.4 Å². The summed E-state index contributed by atoms with van der Waals surface area (Å²) in [6.07, 6.45) is -3.96. The van der Waals surface area contributed by atoms with Crippen LogP contribution < -0.4 is 106 Å². The molecule has 0 spiro atoms. The summed E-state index contributed by atoms with van der Waals surface area (Å²) in [7, 11) is -5.49. The first-order valence-electron chi connectivity index (χ1n) is 31.8. The molecule has 2 aromatic carbocycles. The predicted molar refractivity (Wildman–Crippen MR) is 363 cm³/mol. The SMILES string of the molecule is C[C@@H](OP(=O)(O)O)[C@H]1NC(=O)[C@H](CCCN=C(N)N)NC(=O)[C@H](CCCN=C(N)N)NC(=O)[C@H](CCCN=C(N)N)NC(=O)[C@H](CCC(N)=O)NC(=O)[C@H](CCCN=C(N)N)NC(=O)[C@H](CCCN=C(N)N)NC(=O)[C@H](Cc2ccc3ccccc3c2)NC(=O)[C@@H]2CCCCN2C1=O. The molecule has 32 N–H and O–H groups in total. The van der Waals surface area contributed by atoms with Crippen molar-refractivity contribution in [1.29, 1.82) is 0 Å². The van der Waals surface area contributed by atoms with E-state index in [1.165, 1.54) is 0 Å². The third-order valence-electron chi connectivity index (χ3n) is 15.5. The normalized spacial score (nSPS) is 22.4. The van der Waals surface area contributed by atoms with Crippen molar-refractivity contribution < 1.29 is 66.8 Å². The van der Waals surface area contributed by atoms with Crippen molar-refractivity contribution in [2.45, 2.75) is 170 Å². The van der Waals surface area contributed by atoms with E-state index >= 15 is 14.4 Å². The minimum absolute atomic E-state index is 0.00845. The smallest absolute Gasteiger partial charge is 0.370 e. The van der Waals surface area contributed by atoms with Gasteiger partial charge in [0, 0.05) is 52.1 Å². The molecule has 2 fully saturated rings. The summed E-state index contributed by atoms with van der Waals surface area (Å²) in [5.41, 5.74) is 62.0. The third kappa shape index (κ3) is 29.1. The summed E-state index contributed by atoms with van der Waals surface area (Å²) in [4.78, 5) is 188. The Balaban J connectivity index is 2.03. The van der Waals surface area contributed by atoms with Gasteiger partial charge in [0.2, 0.25) is 59.1 Å². The van der Waals surface area contributed by atoms with Gasteiger partial charge in [0.1, 0.15) is 54.4 Å². The number of amides is 10. The first kappa shape index (κ1) is 80.3. The number of aliphatic imine (C=N–C) groups is 5. The zero-order chi connectivity index (χ0) is 72.6. The van der Waals surface area contributed by atoms with E-state index in [1.807, 2.05) is 18.2 Å². The van der Waals surface area contributed by atoms with Gasteiger partial charge in [-0.1, -0.05) is 42.5 Å². The number of guanidine groups is 5. The number of nitrogens with one attached hydrogen (secondary N) is 8. The number of nitrogens with two attached hydrogens (primary N) is 11. The number of hydrogen-bond donors (Lipinski definition) is 21. The van der Waals surface area contributed by atoms with Crippen molar-refractivity contribution in [3.05, 3.63) is 48.0 Å². The van der Waals surface area contributed by atoms with Crippen LogP contribution in [0.25, 0.3) is 10.8 Å². The molecule has 0 aliphatic carbocycles. The van der Waals surface area contributed by atoms with E-state index in [2.05, 4.69) is 67.5 Å². The topological polar surface area (TPSA) is 685 Å². The molecule has 2 heterocycles. The van der Waals surface area contributed by atoms with Crippen LogP contribution in [0.4, 0.5) is 0 Å². The molecule has 0 bridgehead atoms. The number of fused-ring (bicyclic) bond motifs is 2. The Hall–Kier alpha value is -10.1. The van der Waals surface area contributed by atoms with Crippen molar-refractivity contribution in [2.75, 3.05) is 39.3 Å². The van der Waals surface area contributed by atoms with E-state index in [0.29, 0.717) is 12.0 Å². The molecule has 2 saturated heterocycles. The minimum Gasteiger partial charge on any atom is -0.370 e. The molecular weight excluding hydrogens is 1300 g/mol. The summed E-state index contributed by atoms with van der Waals surface area (Å²) in [5.74, 6) is -11.8. The van der Waals surface area contributed by atoms with Crippen LogP contribution in [-0.4, -0.2) is 203 Å². The van der Waals surface area contributed by atoms with Crippen molar-refractivity contribution >= 4 is 107 Å². The number of phosphoric acid groups is 1. The first-order chi connectivity index (χ1) is 46.3. The molecule has 2 aliphatic rings. The second kappa shape index (κ2) is 40.4. The van der Waals surface area contributed by atoms with E-state index in [4.69, 9.17) is 67.6 Å². The average molecular weight is 1400 g/mol. The number of carbonyl (C=O) groups excluding carboxylic acids is 10. The molecule has 2 aromatic rings. The number of piperidine rings is 1. The fraction of sp³-hybridized carbons (Fsp3) is 0.569. The summed E-state index contributed by atoms with van der Waals surface area (Å²) >= 11 is 0. The number of hydrogen-bond acceptors (Lipinski definition) is 17. The Morgan fingerprint density at radius 1 is 0.490 bits per heavy atom. The maximum atomic E-state index is 15.2. The van der Waals surface area contributed by atoms with Gasteiger partial charge in [-0.25, -0.2) is 4.57 Å². The Bertz CT molecular complexity index is 3290. The van der Waals surface area contributed by atoms with E-state index in [-0.39, 0.29) is 153 Å². The van der Waals surface area contributed by atoms with Gasteiger partial charge in [-0.05, 0) is 113 Å². The number of phosphoric ester groups is 1. The second-order valence-corrected chi connectivity index (χ2v) is 24.6. The van der Waals surface area contributed by atoms with Crippen LogP contribution in [0.5, 0.6) is 0 Å². The van der Waals surface area contributed by atoms with Crippen LogP contribution in [0.2, 0.25) is 0 Å². The van der Waals surface area contributed by atoms with E-state index in [9.17, 15) is 47.9 Å². The van der Waals surface area contributed by atoms with Crippen LogP contribution in [-0.2, 0) is 63.5 Å². The van der Waals surface area contributed by atoms with Crippen LogP contribution in [0.3, 0.4) is 0 Å². The van der Waals surface area contributed by atoms with Crippen LogP contribution in [0.1, 0.15) is 109 Å². The Labute approximate surface area is 565 Å². The standard InChI is InChI=1S/C58H96N25O14P/c1-31(97-98(94,95)96)44-53(93)83-28-5-4-18-42(83)52(92)81-41(30-32-19-20-33-11-2-3-12-34(33)29-32)51(91)79-38(16-9-26-73-57(66)67)47(87)76-37(15-8-25-72-56(64)65)48(88)80-40(21-22-43(59)84)49(89)77-36(14-7-24-71-55(62)63)45(85)75-35(13-6-23-70-54(60)61)46(86)78-39(50(90)82-44)17-10-27-74-58(68)69/h2-3,11-12,19-20,29,31,35-42,44H,4-10,13-18,21-28,30H2,1H3,(H2,59,84)(H,75,85)(H,76,87)(H,77,89)(H,78,86)(H,79,91)(H,80,88)(H,81,92)(H,82,90)(H4,60,61,70)(H4,62,63,71)(H4,64,65,72)(H4,66,67,73)(H4,68,69,74)(H2,94,95,96)/t31-,35+,36+,37+,38+,39+,40+,41+,42+,44-/m1/s1. The van der Waals surface area contributed by atoms with Gasteiger partial charge >= 0.3 is 7.82 Å². The number of carbonyl (C=O) groups is 10. The van der Waals surface area contributed by atoms with E-state index in [0.717, 1.165) is 22.6 Å². The van der Waals surface area contributed by atoms with Gasteiger partial charge in [-0.15, -0.1) is 0 Å². The Morgan fingerprint density at radius 2 is 0.837 bits per heavy atom. The number of benzene rings is 2. The van der Waals surface area contributed by atoms with Gasteiger partial charge in [0.25, 0.3) is 0 Å². The lowest BCUT2D eigenvalue weighted by Gasteiger charge is -2.39. The molecular formula is C58H96N25O14P. The van der Waals surface area contributed by atoms with Crippen molar-refractivity contribution in [2.24, 2.45) is 88.0 Å². The predicted octanol–water partition coefficient (Wildman–Crippen LogP) is -7.31. The lowest BCUT2D eigenvalue weighted by Crippen LogP contribution is -2.63. The molecule has 2 aliphatic heterocycles. The fourth-order valence-electron chi connectivity index (χ4n) is 10.7. The molecule has 98 heavy (non-hydrogen) atoms. The fourth-order valence-corrected chi connectivity index (χ4v) is 11.2. The lowest BCUT2D eigenvalue weighted by molar-refractivity contribution is -0.148. The first-order valence-corrected chi connectivity index (χ1v) is 33.4. The van der Waals surface area contributed by atoms with Gasteiger partial charge < -0.3 is 120 Å². The van der Waals surface area contributed by atoms with E-state index < -0.39 is 140 Å². The molecule has 0 aromatic heterocycles. The quantitative estimate of drug-likeness (QED) is 0.0163. The Kier molecular flexibility index (Phi) is 33.1. The van der Waals surface area contributed by atoms with E-state index in [1.54, 1.807) is 24.3 Å². The summed E-state index contributed by atoms with van der Waals surface area (Å²) in [6.45, 7) is 0.408. The van der Waals surface area contributed by atoms with Crippen molar-refractivity contribution in [3.63, 3.8) is 0 Å². The zero-order valence-electron chi connectivity index (χ0n) is 54.6. The molecule has 542 valence electrons. The molecule has 10 amide bonds. The number of rotatable bonds is 28. The molecule has 0 unspecified atom stereocenters. The van der Waals surface area contributed by atoms with Crippen LogP contribution >= 0.6 is 7.82 Å². The van der Waals surface area contributed by atoms with Gasteiger partial charge in [0.15, 0.2) is 29.8 Å². The molecule has 40 heteroatoms. The van der Waals surface area contributed by atoms with Crippen molar-refractivity contribution in [3.8, 4) is 0 Å². The summed E-state index contributed by atoms with van der Waals surface area (Å²) in [5, 5.41) is 22.5. The molecule has 4 rings (SSSR count). The highest BCUT2D eigenvalue weighted by Crippen LogP contribution is 2.38. The molecule has 0 radical (unpaired) electrons. The zero-order valence-corrected chi connectivity index (χ0v) is 55.5. The van der Waals surface area contributed by atoms with Crippen molar-refractivity contribution in [1.82, 2.24) is 47.4 Å². The highest BCUT2D eigenvalue weighted by Gasteiger charge is 2.43. The molecule has 0 saturated carbocycles. The maximum absolute atomic E-state index is 15.2. The number of primary amides is 1. The molecule has 39 nitrogen and oxygen atoms in total. The van der Waals surface area contributed by atoms with Crippen LogP contribution in [0, 0.1) is 0 Å². The van der Waals surface area contributed by atoms with Gasteiger partial charge in [-0.3, -0.25) is 77.4 Å². The Morgan fingerprint density at radius 3 is 1.20 bits per heavy atom. The third-order valence-corrected chi connectivity index (χ3v) is 16.1. The van der Waals surface area contributed by atoms with Gasteiger partial charge in [0.05, 0.1) is 6.10 Å². The lowest BCUT2D eigenvalue weighted by atomic mass is 9.97. The largest absolute Gasteiger partial charge is 0.469 e. The second-order valence-electron chi connectivity index (χ2n) is 23.4. The summed E-state index contributed by atoms with van der Waals surface area (Å²) in [6, 6.07) is -2.29. The highest BCUT2D eigenvalue weighted by atomic mass is 31.2. The minimum atomic E-state index is -5.49. The highest BCUT2D eigenvalue weighted by molar-refractivity contribution is 7.46. The van der Waals surface area contributed by atoms with Gasteiger partial charge in [-0.2, -0.15) is 0 Å². The number of nitrogens with zero attached hydrogens (tertiary/aromatic N) is 6. The maximum Gasteiger partial charge on any atom is 0.469 e. The molecule has 10 atom stereocenters. The summed E-state index contributed by atoms with van der Waals surface area (Å²) < 4.78 is 17.6. The average Bonchev–Trinajstić information content (AvgIpc) is 0.816. The monoisotopic (exact) mass is 1400 g/mol.